The summed E-state index contributed by atoms with van der Waals surface area (Å²) in [5.41, 5.74) is -1.47. The Balaban J connectivity index is 1.04. The second-order valence-corrected chi connectivity index (χ2v) is 21.7. The van der Waals surface area contributed by atoms with Crippen molar-refractivity contribution in [3.05, 3.63) is 28.8 Å². The molecule has 0 spiro atoms. The van der Waals surface area contributed by atoms with Crippen LogP contribution in [0, 0.1) is 12.8 Å². The van der Waals surface area contributed by atoms with Gasteiger partial charge in [0.1, 0.15) is 66.1 Å². The molecule has 1 unspecified atom stereocenters. The minimum Gasteiger partial charge on any atom is -0.507 e. The SMILES string of the molecule is CO[C@H](C(=O)C(O)[C@@H](C)O)[C@@H]1Cc2cc3cc(O[C@H]4C[C@@H](O[C@H]5C[C@@H](O)[C@H](O)[C@@H](C)O5)[C@@H](O)[C@@H](C)O4)c(C)c(O)c3c(O)c2C(=O)[C@H]1O[C@H]1C[C@@H](O[C@H]2C[C@@H](O[C@H]3C[C@](C)(O)[C@H](O)[C@@H](C)O3)[C@H](O)[C@@H](C)O2)[C@H](O)[C@@H](C)O1. The van der Waals surface area contributed by atoms with Crippen molar-refractivity contribution in [2.24, 2.45) is 5.92 Å². The van der Waals surface area contributed by atoms with E-state index in [4.69, 9.17) is 52.1 Å². The van der Waals surface area contributed by atoms with Crippen LogP contribution in [0.25, 0.3) is 10.8 Å². The van der Waals surface area contributed by atoms with Crippen LogP contribution in [0.15, 0.2) is 12.1 Å². The second-order valence-electron chi connectivity index (χ2n) is 21.7. The van der Waals surface area contributed by atoms with Crippen LogP contribution in [0.3, 0.4) is 0 Å². The molecule has 76 heavy (non-hydrogen) atoms. The maximum Gasteiger partial charge on any atom is 0.202 e. The Hall–Kier alpha value is -3.32. The summed E-state index contributed by atoms with van der Waals surface area (Å²) in [6, 6.07) is 3.03. The van der Waals surface area contributed by atoms with Gasteiger partial charge in [0.05, 0.1) is 77.6 Å². The van der Waals surface area contributed by atoms with E-state index in [1.807, 2.05) is 0 Å². The van der Waals surface area contributed by atoms with Crippen molar-refractivity contribution in [2.45, 2.75) is 241 Å². The Bertz CT molecular complexity index is 2350. The van der Waals surface area contributed by atoms with Crippen molar-refractivity contribution in [1.82, 2.24) is 0 Å². The number of aliphatic hydroxyl groups is 9. The van der Waals surface area contributed by atoms with Crippen LogP contribution >= 0.6 is 0 Å². The maximum absolute atomic E-state index is 15.0. The lowest BCUT2D eigenvalue weighted by molar-refractivity contribution is -0.334. The number of phenols is 2. The average molecular weight is 1090 g/mol. The summed E-state index contributed by atoms with van der Waals surface area (Å²) in [5.74, 6) is -4.07. The molecule has 428 valence electrons. The standard InChI is InChI=1S/C52H76O24/c1-18-29(72-34-14-30(43(58)21(4)68-34)73-33-13-28(54)42(57)20(3)67-33)12-26-10-25-11-27(49(66-9)48(63)41(56)19(2)53)50(47(62)39(25)46(61)38(26)40(18)55)76-36-16-31(44(59)23(6)70-36)74-35-15-32(45(60)22(5)69-35)75-37-17-52(8,65)51(64)24(7)71-37/h10,12,19-24,27-28,30-37,41-45,49-51,53-61,64-65H,11,13-17H2,1-9H3/t19-,20-,21-,22-,23-,24-,27+,28-,30-,31-,32-,33+,34+,35+,36+,37+,41?,42-,43+,44-,45-,49+,50+,51-,52+/m1/s1. The first-order valence-corrected chi connectivity index (χ1v) is 26.0. The molecule has 25 atom stereocenters. The number of Topliss-reactive ketones (excluding diaryl/α,β-unsaturated/α-hetero) is 2. The molecule has 0 amide bonds. The lowest BCUT2D eigenvalue weighted by atomic mass is 9.75. The first-order chi connectivity index (χ1) is 35.7. The monoisotopic (exact) mass is 1080 g/mol. The Morgan fingerprint density at radius 1 is 0.684 bits per heavy atom. The lowest BCUT2D eigenvalue weighted by Crippen LogP contribution is -2.58. The largest absolute Gasteiger partial charge is 0.507 e. The van der Waals surface area contributed by atoms with Gasteiger partial charge in [-0.05, 0) is 84.9 Å². The molecule has 0 radical (unpaired) electrons. The number of carbonyl (C=O) groups is 2. The van der Waals surface area contributed by atoms with Gasteiger partial charge in [-0.15, -0.1) is 0 Å². The highest BCUT2D eigenvalue weighted by Gasteiger charge is 2.51. The Morgan fingerprint density at radius 2 is 1.17 bits per heavy atom. The molecule has 6 aliphatic rings. The van der Waals surface area contributed by atoms with Gasteiger partial charge in [-0.2, -0.15) is 0 Å². The van der Waals surface area contributed by atoms with Gasteiger partial charge in [0.25, 0.3) is 0 Å². The molecule has 0 aromatic heterocycles. The number of hydrogen-bond donors (Lipinski definition) is 11. The van der Waals surface area contributed by atoms with E-state index in [0.29, 0.717) is 0 Å². The topological polar surface area (TPSA) is 358 Å². The van der Waals surface area contributed by atoms with Crippen molar-refractivity contribution in [3.63, 3.8) is 0 Å². The van der Waals surface area contributed by atoms with Crippen molar-refractivity contribution in [3.8, 4) is 17.2 Å². The van der Waals surface area contributed by atoms with Gasteiger partial charge >= 0.3 is 0 Å². The first-order valence-electron chi connectivity index (χ1n) is 26.0. The van der Waals surface area contributed by atoms with Crippen molar-refractivity contribution in [2.75, 3.05) is 7.11 Å². The third kappa shape index (κ3) is 11.9. The third-order valence-electron chi connectivity index (χ3n) is 15.9. The molecule has 11 N–H and O–H groups in total. The number of methoxy groups -OCH3 is 1. The number of phenolic OH excluding ortho intramolecular Hbond substituents is 2. The van der Waals surface area contributed by atoms with E-state index in [2.05, 4.69) is 0 Å². The second kappa shape index (κ2) is 23.4. The zero-order valence-electron chi connectivity index (χ0n) is 44.0. The molecule has 5 saturated heterocycles. The van der Waals surface area contributed by atoms with E-state index < -0.39 is 176 Å². The number of carbonyl (C=O) groups excluding carboxylic acids is 2. The number of rotatable bonds is 15. The zero-order valence-corrected chi connectivity index (χ0v) is 44.0. The Labute approximate surface area is 439 Å². The molecule has 24 heteroatoms. The van der Waals surface area contributed by atoms with Crippen LogP contribution in [-0.4, -0.2) is 222 Å². The van der Waals surface area contributed by atoms with Gasteiger partial charge in [0.2, 0.25) is 6.29 Å². The maximum atomic E-state index is 15.0. The van der Waals surface area contributed by atoms with Gasteiger partial charge in [-0.25, -0.2) is 0 Å². The summed E-state index contributed by atoms with van der Waals surface area (Å²) in [7, 11) is 1.18. The summed E-state index contributed by atoms with van der Waals surface area (Å²) in [6.07, 6.45) is -27.0. The number of hydrogen-bond acceptors (Lipinski definition) is 24. The summed E-state index contributed by atoms with van der Waals surface area (Å²) in [6.45, 7) is 12.1. The molecule has 8 rings (SSSR count). The molecule has 5 aliphatic heterocycles. The van der Waals surface area contributed by atoms with Crippen LogP contribution < -0.4 is 4.74 Å². The van der Waals surface area contributed by atoms with Gasteiger partial charge in [0, 0.05) is 50.7 Å². The fourth-order valence-electron chi connectivity index (χ4n) is 11.3. The summed E-state index contributed by atoms with van der Waals surface area (Å²) < 4.78 is 66.5. The van der Waals surface area contributed by atoms with Crippen molar-refractivity contribution >= 4 is 22.3 Å². The van der Waals surface area contributed by atoms with E-state index in [1.165, 1.54) is 46.9 Å². The number of aliphatic hydroxyl groups excluding tert-OH is 8. The smallest absolute Gasteiger partial charge is 0.202 e. The van der Waals surface area contributed by atoms with Crippen LogP contribution in [-0.2, 0) is 58.6 Å². The lowest BCUT2D eigenvalue weighted by Gasteiger charge is -2.46. The molecular formula is C52H76O24. The van der Waals surface area contributed by atoms with Gasteiger partial charge in [-0.1, -0.05) is 0 Å². The fraction of sp³-hybridized carbons (Fsp3) is 0.769. The quantitative estimate of drug-likeness (QED) is 0.110. The summed E-state index contributed by atoms with van der Waals surface area (Å²) in [5, 5.41) is 120. The average Bonchev–Trinajstić information content (AvgIpc) is 3.38. The molecule has 5 fully saturated rings. The normalized spacial score (nSPS) is 42.5. The van der Waals surface area contributed by atoms with E-state index in [1.54, 1.807) is 27.7 Å². The highest BCUT2D eigenvalue weighted by molar-refractivity contribution is 6.11. The number of aromatic hydroxyl groups is 2. The molecule has 0 saturated carbocycles. The summed E-state index contributed by atoms with van der Waals surface area (Å²) in [4.78, 5) is 28.9. The van der Waals surface area contributed by atoms with E-state index in [0.717, 1.165) is 0 Å². The van der Waals surface area contributed by atoms with Gasteiger partial charge in [-0.3, -0.25) is 9.59 Å². The van der Waals surface area contributed by atoms with Crippen LogP contribution in [0.5, 0.6) is 17.2 Å². The first kappa shape index (κ1) is 58.8. The van der Waals surface area contributed by atoms with Gasteiger partial charge in [0.15, 0.2) is 36.7 Å². The number of ether oxygens (including phenoxy) is 11. The van der Waals surface area contributed by atoms with E-state index in [9.17, 15) is 61.0 Å². The molecule has 24 nitrogen and oxygen atoms in total. The van der Waals surface area contributed by atoms with E-state index in [-0.39, 0.29) is 71.7 Å². The van der Waals surface area contributed by atoms with Crippen LogP contribution in [0.2, 0.25) is 0 Å². The number of ketones is 2. The fourth-order valence-corrected chi connectivity index (χ4v) is 11.3. The Morgan fingerprint density at radius 3 is 1.70 bits per heavy atom. The van der Waals surface area contributed by atoms with Crippen LogP contribution in [0.1, 0.15) is 102 Å². The molecular weight excluding hydrogens is 1010 g/mol. The van der Waals surface area contributed by atoms with Crippen molar-refractivity contribution in [1.29, 1.82) is 0 Å². The zero-order chi connectivity index (χ0) is 55.6. The summed E-state index contributed by atoms with van der Waals surface area (Å²) >= 11 is 0. The van der Waals surface area contributed by atoms with Gasteiger partial charge < -0.3 is 108 Å². The van der Waals surface area contributed by atoms with Crippen LogP contribution in [0.4, 0.5) is 0 Å². The van der Waals surface area contributed by atoms with E-state index >= 15 is 4.79 Å². The minimum atomic E-state index is -1.95. The number of benzene rings is 2. The van der Waals surface area contributed by atoms with Crippen molar-refractivity contribution < 1.29 is 118 Å². The third-order valence-corrected chi connectivity index (χ3v) is 15.9. The molecule has 2 aromatic rings. The Kier molecular flexibility index (Phi) is 18.1. The molecule has 2 aromatic carbocycles. The molecule has 5 heterocycles. The molecule has 1 aliphatic carbocycles. The predicted octanol–water partition coefficient (Wildman–Crippen LogP) is -0.249. The predicted molar refractivity (Wildman–Crippen MR) is 259 cm³/mol. The highest BCUT2D eigenvalue weighted by Crippen LogP contribution is 2.47. The minimum absolute atomic E-state index is 0.0365. The molecule has 0 bridgehead atoms. The highest BCUT2D eigenvalue weighted by atomic mass is 16.7. The number of fused-ring (bicyclic) bond motifs is 2.